The molecular weight excluding hydrogens is 385 g/mol. The molecule has 0 aromatic heterocycles. The van der Waals surface area contributed by atoms with Crippen molar-refractivity contribution in [2.75, 3.05) is 9.80 Å². The fourth-order valence-electron chi connectivity index (χ4n) is 5.01. The van der Waals surface area contributed by atoms with Crippen LogP contribution in [0.3, 0.4) is 0 Å². The van der Waals surface area contributed by atoms with Crippen molar-refractivity contribution < 1.29 is 13.2 Å². The second-order valence-electron chi connectivity index (χ2n) is 7.84. The minimum Gasteiger partial charge on any atom is -0.318 e. The van der Waals surface area contributed by atoms with Gasteiger partial charge in [0.2, 0.25) is 0 Å². The van der Waals surface area contributed by atoms with Gasteiger partial charge in [-0.2, -0.15) is 13.2 Å². The van der Waals surface area contributed by atoms with E-state index in [0.717, 1.165) is 28.7 Å². The van der Waals surface area contributed by atoms with Crippen LogP contribution < -0.4 is 9.80 Å². The fourth-order valence-corrected chi connectivity index (χ4v) is 5.01. The van der Waals surface area contributed by atoms with E-state index in [1.165, 1.54) is 6.07 Å². The van der Waals surface area contributed by atoms with Gasteiger partial charge in [0, 0.05) is 17.5 Å². The number of alkyl halides is 3. The third-order valence-corrected chi connectivity index (χ3v) is 6.24. The van der Waals surface area contributed by atoms with E-state index in [2.05, 4.69) is 24.5 Å². The van der Waals surface area contributed by atoms with Crippen LogP contribution in [-0.4, -0.2) is 6.17 Å². The summed E-state index contributed by atoms with van der Waals surface area (Å²) in [6, 6.07) is 21.6. The van der Waals surface area contributed by atoms with E-state index < -0.39 is 11.7 Å². The van der Waals surface area contributed by atoms with Crippen molar-refractivity contribution in [3.05, 3.63) is 96.6 Å². The Morgan fingerprint density at radius 3 is 1.87 bits per heavy atom. The van der Waals surface area contributed by atoms with Crippen LogP contribution in [0.15, 0.2) is 85.5 Å². The maximum absolute atomic E-state index is 13.9. The summed E-state index contributed by atoms with van der Waals surface area (Å²) in [4.78, 5) is 4.04. The van der Waals surface area contributed by atoms with Gasteiger partial charge in [0.05, 0.1) is 22.6 Å². The highest BCUT2D eigenvalue weighted by molar-refractivity contribution is 5.91. The van der Waals surface area contributed by atoms with E-state index in [1.54, 1.807) is 12.1 Å². The molecule has 0 amide bonds. The van der Waals surface area contributed by atoms with E-state index in [9.17, 15) is 13.2 Å². The number of fused-ring (bicyclic) bond motifs is 5. The molecule has 2 aliphatic heterocycles. The Labute approximate surface area is 173 Å². The minimum absolute atomic E-state index is 0.0195. The molecular formula is C25H21F3N2. The number of hydrogen-bond donors (Lipinski definition) is 0. The Kier molecular flexibility index (Phi) is 4.17. The molecule has 2 nitrogen and oxygen atoms in total. The Morgan fingerprint density at radius 1 is 0.767 bits per heavy atom. The zero-order valence-electron chi connectivity index (χ0n) is 16.5. The van der Waals surface area contributed by atoms with Gasteiger partial charge >= 0.3 is 6.18 Å². The maximum atomic E-state index is 13.9. The van der Waals surface area contributed by atoms with E-state index in [-0.39, 0.29) is 23.7 Å². The van der Waals surface area contributed by atoms with Crippen molar-refractivity contribution in [3.63, 3.8) is 0 Å². The highest BCUT2D eigenvalue weighted by Crippen LogP contribution is 2.57. The van der Waals surface area contributed by atoms with Crippen molar-refractivity contribution >= 4 is 22.7 Å². The van der Waals surface area contributed by atoms with Gasteiger partial charge in [-0.05, 0) is 35.9 Å². The molecule has 3 aromatic carbocycles. The highest BCUT2D eigenvalue weighted by Gasteiger charge is 2.48. The predicted molar refractivity (Wildman–Crippen MR) is 114 cm³/mol. The van der Waals surface area contributed by atoms with Gasteiger partial charge in [0.25, 0.3) is 0 Å². The number of nitrogens with zero attached hydrogens (tertiary/aromatic N) is 2. The standard InChI is InChI=1S/C25H21F3N2/c1-3-17-16(2)24-29(20-12-6-4-10-18(17)20)22-14-8-9-15-23(22)30(24)21-13-7-5-11-19(21)25(26,27)28/h3-17,24H,1H2,2H3. The van der Waals surface area contributed by atoms with Gasteiger partial charge in [0.15, 0.2) is 0 Å². The lowest BCUT2D eigenvalue weighted by atomic mass is 9.80. The SMILES string of the molecule is C=CC1c2ccccc2N2c3ccccc3N(c3ccccc3C(F)(F)F)C2C1C. The molecule has 0 fully saturated rings. The zero-order chi connectivity index (χ0) is 21.0. The molecule has 3 unspecified atom stereocenters. The molecule has 5 rings (SSSR count). The lowest BCUT2D eigenvalue weighted by Crippen LogP contribution is -2.48. The lowest BCUT2D eigenvalue weighted by Gasteiger charge is -2.45. The Hall–Kier alpha value is -3.21. The van der Waals surface area contributed by atoms with Gasteiger partial charge in [-0.25, -0.2) is 0 Å². The molecule has 0 aliphatic carbocycles. The van der Waals surface area contributed by atoms with Crippen LogP contribution in [0.5, 0.6) is 0 Å². The number of hydrogen-bond acceptors (Lipinski definition) is 2. The molecule has 152 valence electrons. The summed E-state index contributed by atoms with van der Waals surface area (Å²) >= 11 is 0. The minimum atomic E-state index is -4.44. The van der Waals surface area contributed by atoms with Gasteiger partial charge in [-0.1, -0.05) is 55.5 Å². The van der Waals surface area contributed by atoms with Crippen molar-refractivity contribution in [2.24, 2.45) is 5.92 Å². The van der Waals surface area contributed by atoms with Gasteiger partial charge < -0.3 is 9.80 Å². The molecule has 3 atom stereocenters. The number of para-hydroxylation sites is 4. The van der Waals surface area contributed by atoms with Crippen molar-refractivity contribution in [1.29, 1.82) is 0 Å². The summed E-state index contributed by atoms with van der Waals surface area (Å²) in [5, 5.41) is 0. The molecule has 0 saturated heterocycles. The maximum Gasteiger partial charge on any atom is 0.418 e. The van der Waals surface area contributed by atoms with E-state index >= 15 is 0 Å². The first-order valence-corrected chi connectivity index (χ1v) is 9.98. The first-order chi connectivity index (χ1) is 14.4. The Balaban J connectivity index is 1.79. The van der Waals surface area contributed by atoms with Crippen LogP contribution in [0.2, 0.25) is 0 Å². The molecule has 0 spiro atoms. The second kappa shape index (κ2) is 6.66. The largest absolute Gasteiger partial charge is 0.418 e. The molecule has 2 aliphatic rings. The predicted octanol–water partition coefficient (Wildman–Crippen LogP) is 7.24. The van der Waals surface area contributed by atoms with Crippen LogP contribution in [0, 0.1) is 5.92 Å². The molecule has 0 radical (unpaired) electrons. The Bertz CT molecular complexity index is 1120. The number of allylic oxidation sites excluding steroid dienone is 1. The van der Waals surface area contributed by atoms with Crippen LogP contribution >= 0.6 is 0 Å². The smallest absolute Gasteiger partial charge is 0.318 e. The second-order valence-corrected chi connectivity index (χ2v) is 7.84. The van der Waals surface area contributed by atoms with Crippen LogP contribution in [-0.2, 0) is 6.18 Å². The molecule has 3 aromatic rings. The third-order valence-electron chi connectivity index (χ3n) is 6.24. The normalized spacial score (nSPS) is 22.3. The van der Waals surface area contributed by atoms with Crippen LogP contribution in [0.4, 0.5) is 35.9 Å². The van der Waals surface area contributed by atoms with Crippen LogP contribution in [0.1, 0.15) is 24.0 Å². The Morgan fingerprint density at radius 2 is 1.27 bits per heavy atom. The molecule has 0 bridgehead atoms. The summed E-state index contributed by atoms with van der Waals surface area (Å²) in [6.07, 6.45) is -2.81. The molecule has 2 heterocycles. The van der Waals surface area contributed by atoms with Gasteiger partial charge in [-0.3, -0.25) is 0 Å². The first kappa shape index (κ1) is 18.8. The number of anilines is 4. The van der Waals surface area contributed by atoms with Crippen molar-refractivity contribution in [2.45, 2.75) is 25.2 Å². The monoisotopic (exact) mass is 406 g/mol. The van der Waals surface area contributed by atoms with Crippen molar-refractivity contribution in [1.82, 2.24) is 0 Å². The summed E-state index contributed by atoms with van der Waals surface area (Å²) < 4.78 is 41.8. The fraction of sp³-hybridized carbons (Fsp3) is 0.200. The highest BCUT2D eigenvalue weighted by atomic mass is 19.4. The average Bonchev–Trinajstić information content (AvgIpc) is 3.09. The average molecular weight is 406 g/mol. The quantitative estimate of drug-likeness (QED) is 0.414. The summed E-state index contributed by atoms with van der Waals surface area (Å²) in [6.45, 7) is 6.13. The first-order valence-electron chi connectivity index (χ1n) is 9.98. The topological polar surface area (TPSA) is 6.48 Å². The van der Waals surface area contributed by atoms with E-state index in [0.29, 0.717) is 0 Å². The third kappa shape index (κ3) is 2.58. The number of halogens is 3. The molecule has 5 heteroatoms. The van der Waals surface area contributed by atoms with Crippen LogP contribution in [0.25, 0.3) is 0 Å². The van der Waals surface area contributed by atoms with E-state index in [4.69, 9.17) is 0 Å². The molecule has 30 heavy (non-hydrogen) atoms. The van der Waals surface area contributed by atoms with Gasteiger partial charge in [0.1, 0.15) is 6.17 Å². The molecule has 0 N–H and O–H groups in total. The summed E-state index contributed by atoms with van der Waals surface area (Å²) in [7, 11) is 0. The zero-order valence-corrected chi connectivity index (χ0v) is 16.5. The lowest BCUT2D eigenvalue weighted by molar-refractivity contribution is -0.137. The number of rotatable bonds is 2. The van der Waals surface area contributed by atoms with Gasteiger partial charge in [-0.15, -0.1) is 6.58 Å². The van der Waals surface area contributed by atoms with Crippen molar-refractivity contribution in [3.8, 4) is 0 Å². The summed E-state index contributed by atoms with van der Waals surface area (Å²) in [5.74, 6) is 0.0587. The van der Waals surface area contributed by atoms with E-state index in [1.807, 2.05) is 53.4 Å². The molecule has 0 saturated carbocycles. The summed E-state index contributed by atoms with van der Waals surface area (Å²) in [5.41, 5.74) is 3.43. The number of benzene rings is 3.